The van der Waals surface area contributed by atoms with Gasteiger partial charge in [-0.15, -0.1) is 11.6 Å². The van der Waals surface area contributed by atoms with Crippen LogP contribution in [0, 0.1) is 5.92 Å². The van der Waals surface area contributed by atoms with Crippen LogP contribution in [-0.4, -0.2) is 17.8 Å². The molecule has 0 fully saturated rings. The summed E-state index contributed by atoms with van der Waals surface area (Å²) in [7, 11) is 0. The lowest BCUT2D eigenvalue weighted by atomic mass is 10.1. The number of rotatable bonds is 4. The second-order valence-electron chi connectivity index (χ2n) is 3.95. The Morgan fingerprint density at radius 2 is 2.06 bits per heavy atom. The van der Waals surface area contributed by atoms with E-state index in [9.17, 15) is 4.79 Å². The van der Waals surface area contributed by atoms with E-state index in [1.807, 2.05) is 32.0 Å². The summed E-state index contributed by atoms with van der Waals surface area (Å²) in [5.41, 5.74) is 0.634. The number of hydrogen-bond acceptors (Lipinski definition) is 1. The molecule has 0 bridgehead atoms. The van der Waals surface area contributed by atoms with Gasteiger partial charge in [0.1, 0.15) is 0 Å². The molecule has 0 radical (unpaired) electrons. The summed E-state index contributed by atoms with van der Waals surface area (Å²) in [6.45, 7) is 4.55. The van der Waals surface area contributed by atoms with Crippen LogP contribution < -0.4 is 5.32 Å². The van der Waals surface area contributed by atoms with Crippen molar-refractivity contribution in [2.45, 2.75) is 19.2 Å². The monoisotopic (exact) mass is 303 g/mol. The number of carbonyl (C=O) groups is 1. The van der Waals surface area contributed by atoms with Gasteiger partial charge in [0.2, 0.25) is 0 Å². The van der Waals surface area contributed by atoms with E-state index in [0.29, 0.717) is 18.0 Å². The van der Waals surface area contributed by atoms with E-state index >= 15 is 0 Å². The van der Waals surface area contributed by atoms with Gasteiger partial charge < -0.3 is 5.32 Å². The van der Waals surface area contributed by atoms with Gasteiger partial charge in [0.05, 0.1) is 10.9 Å². The first-order valence-electron chi connectivity index (χ1n) is 5.19. The minimum atomic E-state index is -0.0984. The predicted molar refractivity (Wildman–Crippen MR) is 71.0 cm³/mol. The largest absolute Gasteiger partial charge is 0.351 e. The second-order valence-corrected chi connectivity index (χ2v) is 5.36. The standard InChI is InChI=1S/C12H15BrClNO/c1-8(2)11(14)7-15-12(16)9-5-3-4-6-10(9)13/h3-6,8,11H,7H2,1-2H3,(H,15,16). The zero-order valence-electron chi connectivity index (χ0n) is 9.34. The van der Waals surface area contributed by atoms with Gasteiger partial charge in [-0.05, 0) is 34.0 Å². The van der Waals surface area contributed by atoms with Crippen LogP contribution in [0.5, 0.6) is 0 Å². The highest BCUT2D eigenvalue weighted by Gasteiger charge is 2.13. The molecule has 1 aromatic rings. The molecule has 2 nitrogen and oxygen atoms in total. The maximum absolute atomic E-state index is 11.8. The molecule has 0 aromatic heterocycles. The molecule has 0 aliphatic carbocycles. The lowest BCUT2D eigenvalue weighted by Crippen LogP contribution is -2.32. The van der Waals surface area contributed by atoms with E-state index in [4.69, 9.17) is 11.6 Å². The first kappa shape index (κ1) is 13.5. The van der Waals surface area contributed by atoms with E-state index in [0.717, 1.165) is 4.47 Å². The Labute approximate surface area is 110 Å². The maximum Gasteiger partial charge on any atom is 0.252 e. The molecule has 1 rings (SSSR count). The zero-order chi connectivity index (χ0) is 12.1. The zero-order valence-corrected chi connectivity index (χ0v) is 11.7. The number of benzene rings is 1. The van der Waals surface area contributed by atoms with E-state index in [-0.39, 0.29) is 11.3 Å². The number of hydrogen-bond donors (Lipinski definition) is 1. The van der Waals surface area contributed by atoms with E-state index in [1.54, 1.807) is 6.07 Å². The van der Waals surface area contributed by atoms with Crippen LogP contribution in [0.15, 0.2) is 28.7 Å². The van der Waals surface area contributed by atoms with Crippen molar-refractivity contribution >= 4 is 33.4 Å². The number of halogens is 2. The molecule has 0 heterocycles. The summed E-state index contributed by atoms with van der Waals surface area (Å²) in [6, 6.07) is 7.33. The summed E-state index contributed by atoms with van der Waals surface area (Å²) in [6.07, 6.45) is 0. The molecule has 16 heavy (non-hydrogen) atoms. The van der Waals surface area contributed by atoms with Crippen molar-refractivity contribution in [1.82, 2.24) is 5.32 Å². The van der Waals surface area contributed by atoms with Crippen molar-refractivity contribution in [3.05, 3.63) is 34.3 Å². The van der Waals surface area contributed by atoms with Gasteiger partial charge in [-0.25, -0.2) is 0 Å². The highest BCUT2D eigenvalue weighted by molar-refractivity contribution is 9.10. The van der Waals surface area contributed by atoms with Gasteiger partial charge in [0, 0.05) is 11.0 Å². The van der Waals surface area contributed by atoms with Crippen LogP contribution in [-0.2, 0) is 0 Å². The van der Waals surface area contributed by atoms with Crippen molar-refractivity contribution in [2.75, 3.05) is 6.54 Å². The third-order valence-electron chi connectivity index (χ3n) is 2.30. The molecule has 1 atom stereocenters. The van der Waals surface area contributed by atoms with Crippen molar-refractivity contribution in [3.63, 3.8) is 0 Å². The SMILES string of the molecule is CC(C)C(Cl)CNC(=O)c1ccccc1Br. The van der Waals surface area contributed by atoms with Crippen molar-refractivity contribution in [3.8, 4) is 0 Å². The minimum Gasteiger partial charge on any atom is -0.351 e. The molecular weight excluding hydrogens is 289 g/mol. The van der Waals surface area contributed by atoms with Gasteiger partial charge in [0.15, 0.2) is 0 Å². The van der Waals surface area contributed by atoms with Crippen LogP contribution >= 0.6 is 27.5 Å². The summed E-state index contributed by atoms with van der Waals surface area (Å²) >= 11 is 9.40. The number of nitrogens with one attached hydrogen (secondary N) is 1. The van der Waals surface area contributed by atoms with Gasteiger partial charge in [-0.3, -0.25) is 4.79 Å². The molecule has 4 heteroatoms. The van der Waals surface area contributed by atoms with Crippen LogP contribution in [0.25, 0.3) is 0 Å². The highest BCUT2D eigenvalue weighted by atomic mass is 79.9. The fourth-order valence-electron chi connectivity index (χ4n) is 1.17. The Kier molecular flexibility index (Phi) is 5.29. The summed E-state index contributed by atoms with van der Waals surface area (Å²) in [5.74, 6) is 0.250. The fourth-order valence-corrected chi connectivity index (χ4v) is 1.71. The van der Waals surface area contributed by atoms with Crippen molar-refractivity contribution in [2.24, 2.45) is 5.92 Å². The average Bonchev–Trinajstić information content (AvgIpc) is 2.25. The van der Waals surface area contributed by atoms with Crippen molar-refractivity contribution < 1.29 is 4.79 Å². The third-order valence-corrected chi connectivity index (χ3v) is 3.65. The molecule has 0 aliphatic heterocycles. The van der Waals surface area contributed by atoms with Crippen molar-refractivity contribution in [1.29, 1.82) is 0 Å². The van der Waals surface area contributed by atoms with Crippen LogP contribution in [0.2, 0.25) is 0 Å². The predicted octanol–water partition coefficient (Wildman–Crippen LogP) is 3.44. The topological polar surface area (TPSA) is 29.1 Å². The Bertz CT molecular complexity index is 368. The summed E-state index contributed by atoms with van der Waals surface area (Å²) in [4.78, 5) is 11.8. The molecule has 1 amide bonds. The second kappa shape index (κ2) is 6.26. The fraction of sp³-hybridized carbons (Fsp3) is 0.417. The highest BCUT2D eigenvalue weighted by Crippen LogP contribution is 2.15. The summed E-state index contributed by atoms with van der Waals surface area (Å²) < 4.78 is 0.795. The Morgan fingerprint density at radius 1 is 1.44 bits per heavy atom. The van der Waals surface area contributed by atoms with Crippen LogP contribution in [0.4, 0.5) is 0 Å². The smallest absolute Gasteiger partial charge is 0.252 e. The van der Waals surface area contributed by atoms with E-state index in [2.05, 4.69) is 21.2 Å². The van der Waals surface area contributed by atoms with Gasteiger partial charge in [-0.2, -0.15) is 0 Å². The molecule has 1 unspecified atom stereocenters. The van der Waals surface area contributed by atoms with Crippen LogP contribution in [0.1, 0.15) is 24.2 Å². The minimum absolute atomic E-state index is 0.0357. The Morgan fingerprint density at radius 3 is 2.62 bits per heavy atom. The number of carbonyl (C=O) groups excluding carboxylic acids is 1. The lowest BCUT2D eigenvalue weighted by Gasteiger charge is -2.14. The maximum atomic E-state index is 11.8. The Balaban J connectivity index is 2.57. The third kappa shape index (κ3) is 3.80. The number of alkyl halides is 1. The molecule has 0 saturated heterocycles. The molecular formula is C12H15BrClNO. The van der Waals surface area contributed by atoms with E-state index < -0.39 is 0 Å². The first-order valence-corrected chi connectivity index (χ1v) is 6.42. The molecule has 88 valence electrons. The molecule has 0 spiro atoms. The number of amides is 1. The molecule has 0 aliphatic rings. The van der Waals surface area contributed by atoms with Gasteiger partial charge in [0.25, 0.3) is 5.91 Å². The molecule has 1 aromatic carbocycles. The summed E-state index contributed by atoms with van der Waals surface area (Å²) in [5, 5.41) is 2.78. The first-order chi connectivity index (χ1) is 7.52. The van der Waals surface area contributed by atoms with Gasteiger partial charge in [-0.1, -0.05) is 26.0 Å². The molecule has 1 N–H and O–H groups in total. The normalized spacial score (nSPS) is 12.6. The quantitative estimate of drug-likeness (QED) is 0.848. The Hall–Kier alpha value is -0.540. The van der Waals surface area contributed by atoms with Crippen LogP contribution in [0.3, 0.4) is 0 Å². The lowest BCUT2D eigenvalue weighted by molar-refractivity contribution is 0.0951. The average molecular weight is 305 g/mol. The van der Waals surface area contributed by atoms with Gasteiger partial charge >= 0.3 is 0 Å². The molecule has 0 saturated carbocycles. The van der Waals surface area contributed by atoms with E-state index in [1.165, 1.54) is 0 Å².